The van der Waals surface area contributed by atoms with Gasteiger partial charge in [-0.05, 0) is 40.9 Å². The lowest BCUT2D eigenvalue weighted by molar-refractivity contribution is 0.456. The molecule has 1 aliphatic heterocycles. The van der Waals surface area contributed by atoms with Gasteiger partial charge in [-0.3, -0.25) is 9.98 Å². The van der Waals surface area contributed by atoms with E-state index in [1.807, 2.05) is 12.3 Å². The number of hydrogen-bond donors (Lipinski definition) is 1. The molecule has 0 aliphatic carbocycles. The van der Waals surface area contributed by atoms with Crippen molar-refractivity contribution in [1.29, 1.82) is 0 Å². The Labute approximate surface area is 137 Å². The SMILES string of the molecule is CCC1(CC)CSC(Nc2cccc3cc(Br)cnc23)=N1. The van der Waals surface area contributed by atoms with E-state index < -0.39 is 0 Å². The van der Waals surface area contributed by atoms with E-state index in [-0.39, 0.29) is 5.54 Å². The van der Waals surface area contributed by atoms with Gasteiger partial charge in [-0.25, -0.2) is 0 Å². The van der Waals surface area contributed by atoms with Crippen LogP contribution in [0.4, 0.5) is 5.69 Å². The van der Waals surface area contributed by atoms with Gasteiger partial charge >= 0.3 is 0 Å². The van der Waals surface area contributed by atoms with Gasteiger partial charge in [0.1, 0.15) is 0 Å². The molecule has 0 spiro atoms. The number of para-hydroxylation sites is 1. The Bertz CT molecular complexity index is 695. The van der Waals surface area contributed by atoms with Crippen LogP contribution >= 0.6 is 27.7 Å². The number of anilines is 1. The van der Waals surface area contributed by atoms with Crippen molar-refractivity contribution in [3.8, 4) is 0 Å². The predicted octanol–water partition coefficient (Wildman–Crippen LogP) is 5.07. The molecule has 3 rings (SSSR count). The summed E-state index contributed by atoms with van der Waals surface area (Å²) in [5.74, 6) is 1.06. The molecule has 21 heavy (non-hydrogen) atoms. The van der Waals surface area contributed by atoms with E-state index in [1.165, 1.54) is 0 Å². The fraction of sp³-hybridized carbons (Fsp3) is 0.375. The van der Waals surface area contributed by atoms with Crippen LogP contribution in [0.15, 0.2) is 39.9 Å². The Morgan fingerprint density at radius 3 is 2.86 bits per heavy atom. The van der Waals surface area contributed by atoms with E-state index in [9.17, 15) is 0 Å². The van der Waals surface area contributed by atoms with Crippen molar-refractivity contribution >= 4 is 49.4 Å². The Morgan fingerprint density at radius 1 is 1.33 bits per heavy atom. The minimum absolute atomic E-state index is 0.105. The third-order valence-corrected chi connectivity index (χ3v) is 5.63. The third kappa shape index (κ3) is 2.94. The van der Waals surface area contributed by atoms with Crippen LogP contribution in [-0.2, 0) is 0 Å². The number of rotatable bonds is 3. The largest absolute Gasteiger partial charge is 0.333 e. The molecule has 2 aromatic rings. The van der Waals surface area contributed by atoms with Crippen LogP contribution in [0.3, 0.4) is 0 Å². The summed E-state index contributed by atoms with van der Waals surface area (Å²) in [6, 6.07) is 8.26. The monoisotopic (exact) mass is 363 g/mol. The number of aromatic nitrogens is 1. The van der Waals surface area contributed by atoms with Gasteiger partial charge in [0.05, 0.1) is 16.7 Å². The number of nitrogens with zero attached hydrogens (tertiary/aromatic N) is 2. The summed E-state index contributed by atoms with van der Waals surface area (Å²) >= 11 is 5.27. The second-order valence-corrected chi connectivity index (χ2v) is 7.17. The van der Waals surface area contributed by atoms with Gasteiger partial charge in [-0.2, -0.15) is 0 Å². The zero-order valence-electron chi connectivity index (χ0n) is 12.2. The average molecular weight is 364 g/mol. The zero-order chi connectivity index (χ0) is 14.9. The van der Waals surface area contributed by atoms with E-state index in [0.717, 1.165) is 44.8 Å². The molecular formula is C16H18BrN3S. The first-order chi connectivity index (χ1) is 10.2. The van der Waals surface area contributed by atoms with E-state index in [4.69, 9.17) is 4.99 Å². The van der Waals surface area contributed by atoms with E-state index >= 15 is 0 Å². The molecule has 1 N–H and O–H groups in total. The fourth-order valence-corrected chi connectivity index (χ4v) is 4.18. The van der Waals surface area contributed by atoms with Crippen LogP contribution in [0.1, 0.15) is 26.7 Å². The highest BCUT2D eigenvalue weighted by molar-refractivity contribution is 9.10. The maximum Gasteiger partial charge on any atom is 0.161 e. The molecule has 0 fully saturated rings. The zero-order valence-corrected chi connectivity index (χ0v) is 14.6. The fourth-order valence-electron chi connectivity index (χ4n) is 2.51. The smallest absolute Gasteiger partial charge is 0.161 e. The van der Waals surface area contributed by atoms with Crippen LogP contribution in [0.2, 0.25) is 0 Å². The van der Waals surface area contributed by atoms with Gasteiger partial charge < -0.3 is 5.32 Å². The van der Waals surface area contributed by atoms with Crippen molar-refractivity contribution in [3.63, 3.8) is 0 Å². The lowest BCUT2D eigenvalue weighted by Crippen LogP contribution is -2.24. The molecule has 5 heteroatoms. The average Bonchev–Trinajstić information content (AvgIpc) is 2.91. The maximum atomic E-state index is 4.91. The molecule has 0 radical (unpaired) electrons. The molecule has 0 saturated heterocycles. The maximum absolute atomic E-state index is 4.91. The van der Waals surface area contributed by atoms with Gasteiger partial charge in [0, 0.05) is 21.8 Å². The number of thioether (sulfide) groups is 1. The summed E-state index contributed by atoms with van der Waals surface area (Å²) in [4.78, 5) is 9.43. The summed E-state index contributed by atoms with van der Waals surface area (Å²) in [6.07, 6.45) is 4.00. The minimum Gasteiger partial charge on any atom is -0.333 e. The van der Waals surface area contributed by atoms with Crippen molar-refractivity contribution in [2.45, 2.75) is 32.2 Å². The summed E-state index contributed by atoms with van der Waals surface area (Å²) in [6.45, 7) is 4.43. The lowest BCUT2D eigenvalue weighted by atomic mass is 9.97. The topological polar surface area (TPSA) is 37.3 Å². The van der Waals surface area contributed by atoms with Crippen LogP contribution in [0.5, 0.6) is 0 Å². The molecule has 1 aliphatic rings. The first-order valence-corrected chi connectivity index (χ1v) is 8.97. The highest BCUT2D eigenvalue weighted by Crippen LogP contribution is 2.34. The summed E-state index contributed by atoms with van der Waals surface area (Å²) < 4.78 is 0.996. The van der Waals surface area contributed by atoms with E-state index in [1.54, 1.807) is 11.8 Å². The molecular weight excluding hydrogens is 346 g/mol. The normalized spacial score (nSPS) is 17.0. The second kappa shape index (κ2) is 5.97. The third-order valence-electron chi connectivity index (χ3n) is 4.05. The first kappa shape index (κ1) is 14.9. The lowest BCUT2D eigenvalue weighted by Gasteiger charge is -2.20. The number of hydrogen-bond acceptors (Lipinski definition) is 4. The number of aliphatic imine (C=N–C) groups is 1. The van der Waals surface area contributed by atoms with Crippen LogP contribution < -0.4 is 5.32 Å². The van der Waals surface area contributed by atoms with E-state index in [0.29, 0.717) is 0 Å². The van der Waals surface area contributed by atoms with Crippen LogP contribution in [-0.4, -0.2) is 21.4 Å². The molecule has 0 atom stereocenters. The second-order valence-electron chi connectivity index (χ2n) is 5.29. The standard InChI is InChI=1S/C16H18BrN3S/c1-3-16(4-2)10-21-15(20-16)19-13-7-5-6-11-8-12(17)9-18-14(11)13/h5-9H,3-4,10H2,1-2H3,(H,19,20). The predicted molar refractivity (Wildman–Crippen MR) is 96.3 cm³/mol. The minimum atomic E-state index is 0.105. The van der Waals surface area contributed by atoms with Gasteiger partial charge in [0.2, 0.25) is 0 Å². The summed E-state index contributed by atoms with van der Waals surface area (Å²) in [7, 11) is 0. The van der Waals surface area contributed by atoms with Crippen molar-refractivity contribution < 1.29 is 0 Å². The molecule has 3 nitrogen and oxygen atoms in total. The number of nitrogens with one attached hydrogen (secondary N) is 1. The van der Waals surface area contributed by atoms with Crippen LogP contribution in [0, 0.1) is 0 Å². The highest BCUT2D eigenvalue weighted by Gasteiger charge is 2.32. The van der Waals surface area contributed by atoms with Gasteiger partial charge in [-0.1, -0.05) is 37.7 Å². The molecule has 0 saturated carbocycles. The Hall–Kier alpha value is -1.07. The van der Waals surface area contributed by atoms with Gasteiger partial charge in [0.15, 0.2) is 5.17 Å². The van der Waals surface area contributed by atoms with E-state index in [2.05, 4.69) is 58.3 Å². The quantitative estimate of drug-likeness (QED) is 0.826. The Balaban J connectivity index is 1.93. The molecule has 0 unspecified atom stereocenters. The number of fused-ring (bicyclic) bond motifs is 1. The Morgan fingerprint density at radius 2 is 2.14 bits per heavy atom. The van der Waals surface area contributed by atoms with Crippen LogP contribution in [0.25, 0.3) is 10.9 Å². The van der Waals surface area contributed by atoms with Crippen molar-refractivity contribution in [3.05, 3.63) is 34.9 Å². The van der Waals surface area contributed by atoms with Gasteiger partial charge in [0.25, 0.3) is 0 Å². The molecule has 110 valence electrons. The Kier molecular flexibility index (Phi) is 4.22. The summed E-state index contributed by atoms with van der Waals surface area (Å²) in [5.41, 5.74) is 2.11. The highest BCUT2D eigenvalue weighted by atomic mass is 79.9. The summed E-state index contributed by atoms with van der Waals surface area (Å²) in [5, 5.41) is 5.59. The van der Waals surface area contributed by atoms with Crippen molar-refractivity contribution in [2.75, 3.05) is 11.1 Å². The molecule has 0 amide bonds. The number of benzene rings is 1. The van der Waals surface area contributed by atoms with Gasteiger partial charge in [-0.15, -0.1) is 0 Å². The molecule has 0 bridgehead atoms. The first-order valence-electron chi connectivity index (χ1n) is 7.20. The van der Waals surface area contributed by atoms with Crippen molar-refractivity contribution in [2.24, 2.45) is 4.99 Å². The number of amidine groups is 1. The van der Waals surface area contributed by atoms with Crippen molar-refractivity contribution in [1.82, 2.24) is 4.98 Å². The molecule has 2 heterocycles. The molecule has 1 aromatic carbocycles. The number of pyridine rings is 1. The molecule has 1 aromatic heterocycles. The number of halogens is 1.